The summed E-state index contributed by atoms with van der Waals surface area (Å²) in [7, 11) is 0. The molecule has 5 rings (SSSR count). The summed E-state index contributed by atoms with van der Waals surface area (Å²) in [5.74, 6) is -0.272. The largest absolute Gasteiger partial charge is 0.459 e. The predicted octanol–water partition coefficient (Wildman–Crippen LogP) is 5.06. The van der Waals surface area contributed by atoms with E-state index in [0.29, 0.717) is 38.8 Å². The van der Waals surface area contributed by atoms with Crippen molar-refractivity contribution in [2.75, 3.05) is 19.8 Å². The van der Waals surface area contributed by atoms with E-state index in [9.17, 15) is 20.0 Å². The van der Waals surface area contributed by atoms with E-state index in [-0.39, 0.29) is 35.8 Å². The molecule has 0 spiro atoms. The van der Waals surface area contributed by atoms with Crippen molar-refractivity contribution >= 4 is 11.6 Å². The number of pyridine rings is 1. The summed E-state index contributed by atoms with van der Waals surface area (Å²) in [5, 5.41) is 23.4. The molecule has 1 aromatic heterocycles. The minimum Gasteiger partial charge on any atom is -0.459 e. The smallest absolute Gasteiger partial charge is 0.287 e. The molecule has 1 aliphatic carbocycles. The molecule has 2 aliphatic rings. The number of nitrogens with zero attached hydrogens (tertiary/aromatic N) is 2. The van der Waals surface area contributed by atoms with E-state index in [0.717, 1.165) is 17.7 Å². The van der Waals surface area contributed by atoms with E-state index >= 15 is 0 Å². The van der Waals surface area contributed by atoms with E-state index in [1.54, 1.807) is 6.07 Å². The van der Waals surface area contributed by atoms with Crippen molar-refractivity contribution in [1.82, 2.24) is 10.3 Å². The first-order valence-corrected chi connectivity index (χ1v) is 14.2. The molecule has 41 heavy (non-hydrogen) atoms. The molecule has 1 amide bonds. The number of carbonyl (C=O) groups is 1. The number of nitrogens with one attached hydrogen (secondary N) is 1. The Morgan fingerprint density at radius 1 is 1.15 bits per heavy atom. The summed E-state index contributed by atoms with van der Waals surface area (Å²) in [6, 6.07) is 17.9. The highest BCUT2D eigenvalue weighted by molar-refractivity contribution is 5.91. The topological polar surface area (TPSA) is 124 Å². The molecule has 2 aromatic carbocycles. The van der Waals surface area contributed by atoms with Gasteiger partial charge < -0.3 is 19.9 Å². The number of benzene rings is 2. The zero-order valence-electron chi connectivity index (χ0n) is 23.1. The van der Waals surface area contributed by atoms with Crippen LogP contribution in [0, 0.1) is 16.0 Å². The molecule has 9 nitrogen and oxygen atoms in total. The zero-order chi connectivity index (χ0) is 28.8. The quantitative estimate of drug-likeness (QED) is 0.142. The molecular formula is C32H35N3O6. The van der Waals surface area contributed by atoms with E-state index in [1.165, 1.54) is 34.5 Å². The average molecular weight is 558 g/mol. The first-order valence-electron chi connectivity index (χ1n) is 14.2. The van der Waals surface area contributed by atoms with Crippen LogP contribution in [0.5, 0.6) is 0 Å². The van der Waals surface area contributed by atoms with Crippen molar-refractivity contribution in [3.8, 4) is 11.1 Å². The standard InChI is InChI=1S/C32H35N3O6/c1-2-40-32-27(13-7-17-36)29(26-12-5-11-25-24-10-4-3-8-21(24)18-28(25)26)19-30(41-32)31(37)33-16-6-9-22-14-15-23(20-34-22)35(38)39/h3-5,8,10-12,14-15,19-20,27,29,32,36H,2,6-7,9,13,16-18H2,1H3,(H,33,37)/t27-,29-,32-/m0/s1. The van der Waals surface area contributed by atoms with Gasteiger partial charge in [0.15, 0.2) is 5.76 Å². The van der Waals surface area contributed by atoms with Crippen LogP contribution in [0.4, 0.5) is 5.69 Å². The fourth-order valence-corrected chi connectivity index (χ4v) is 5.85. The van der Waals surface area contributed by atoms with Crippen molar-refractivity contribution in [2.45, 2.75) is 51.2 Å². The Hall–Kier alpha value is -4.08. The van der Waals surface area contributed by atoms with E-state index in [2.05, 4.69) is 52.8 Å². The normalized spacial score (nSPS) is 19.1. The molecule has 3 aromatic rings. The molecule has 0 bridgehead atoms. The van der Waals surface area contributed by atoms with Crippen LogP contribution in [0.25, 0.3) is 11.1 Å². The maximum Gasteiger partial charge on any atom is 0.287 e. The van der Waals surface area contributed by atoms with Crippen LogP contribution in [-0.2, 0) is 27.1 Å². The van der Waals surface area contributed by atoms with Gasteiger partial charge in [-0.2, -0.15) is 0 Å². The van der Waals surface area contributed by atoms with Crippen LogP contribution in [0.1, 0.15) is 54.5 Å². The van der Waals surface area contributed by atoms with Crippen LogP contribution in [0.15, 0.2) is 72.6 Å². The monoisotopic (exact) mass is 557 g/mol. The van der Waals surface area contributed by atoms with Crippen molar-refractivity contribution in [1.29, 1.82) is 0 Å². The van der Waals surface area contributed by atoms with Gasteiger partial charge in [0.1, 0.15) is 6.20 Å². The number of allylic oxidation sites excluding steroid dienone is 1. The lowest BCUT2D eigenvalue weighted by Crippen LogP contribution is -2.39. The number of hydrogen-bond donors (Lipinski definition) is 2. The number of aliphatic hydroxyl groups excluding tert-OH is 1. The van der Waals surface area contributed by atoms with Crippen molar-refractivity contribution in [2.24, 2.45) is 5.92 Å². The third kappa shape index (κ3) is 6.31. The number of rotatable bonds is 12. The third-order valence-electron chi connectivity index (χ3n) is 7.80. The second-order valence-corrected chi connectivity index (χ2v) is 10.4. The van der Waals surface area contributed by atoms with Gasteiger partial charge in [0.25, 0.3) is 11.6 Å². The van der Waals surface area contributed by atoms with Crippen LogP contribution >= 0.6 is 0 Å². The number of ether oxygens (including phenoxy) is 2. The van der Waals surface area contributed by atoms with Gasteiger partial charge in [0.2, 0.25) is 6.29 Å². The highest BCUT2D eigenvalue weighted by Gasteiger charge is 2.39. The summed E-state index contributed by atoms with van der Waals surface area (Å²) >= 11 is 0. The second-order valence-electron chi connectivity index (χ2n) is 10.4. The number of nitro groups is 1. The molecule has 2 heterocycles. The van der Waals surface area contributed by atoms with Gasteiger partial charge in [-0.05, 0) is 79.0 Å². The van der Waals surface area contributed by atoms with Crippen molar-refractivity contribution in [3.05, 3.63) is 105 Å². The fourth-order valence-electron chi connectivity index (χ4n) is 5.85. The molecule has 0 saturated heterocycles. The maximum atomic E-state index is 13.3. The predicted molar refractivity (Wildman–Crippen MR) is 154 cm³/mol. The van der Waals surface area contributed by atoms with Gasteiger partial charge in [-0.3, -0.25) is 19.9 Å². The summed E-state index contributed by atoms with van der Waals surface area (Å²) in [4.78, 5) is 27.8. The van der Waals surface area contributed by atoms with Crippen molar-refractivity contribution < 1.29 is 24.3 Å². The molecule has 0 fully saturated rings. The van der Waals surface area contributed by atoms with Gasteiger partial charge >= 0.3 is 0 Å². The zero-order valence-corrected chi connectivity index (χ0v) is 23.1. The molecule has 1 aliphatic heterocycles. The van der Waals surface area contributed by atoms with Gasteiger partial charge in [-0.25, -0.2) is 0 Å². The molecule has 0 radical (unpaired) electrons. The Labute approximate surface area is 239 Å². The Morgan fingerprint density at radius 2 is 1.98 bits per heavy atom. The number of aromatic nitrogens is 1. The fraction of sp³-hybridized carbons (Fsp3) is 0.375. The highest BCUT2D eigenvalue weighted by atomic mass is 16.7. The Kier molecular flexibility index (Phi) is 9.06. The minimum absolute atomic E-state index is 0.0490. The average Bonchev–Trinajstić information content (AvgIpc) is 3.37. The highest BCUT2D eigenvalue weighted by Crippen LogP contribution is 2.45. The molecule has 0 saturated carbocycles. The lowest BCUT2D eigenvalue weighted by atomic mass is 9.78. The van der Waals surface area contributed by atoms with Gasteiger partial charge in [-0.1, -0.05) is 42.5 Å². The molecule has 9 heteroatoms. The molecular weight excluding hydrogens is 522 g/mol. The molecule has 2 N–H and O–H groups in total. The number of hydrogen-bond acceptors (Lipinski definition) is 7. The summed E-state index contributed by atoms with van der Waals surface area (Å²) in [5.41, 5.74) is 6.85. The number of fused-ring (bicyclic) bond motifs is 3. The lowest BCUT2D eigenvalue weighted by molar-refractivity contribution is -0.385. The number of aliphatic hydroxyl groups is 1. The van der Waals surface area contributed by atoms with E-state index in [4.69, 9.17) is 9.47 Å². The van der Waals surface area contributed by atoms with Crippen LogP contribution in [0.3, 0.4) is 0 Å². The Balaban J connectivity index is 1.35. The molecule has 3 atom stereocenters. The Morgan fingerprint density at radius 3 is 2.73 bits per heavy atom. The minimum atomic E-state index is -0.619. The van der Waals surface area contributed by atoms with Gasteiger partial charge in [-0.15, -0.1) is 0 Å². The molecule has 0 unspecified atom stereocenters. The van der Waals surface area contributed by atoms with Crippen LogP contribution in [-0.4, -0.2) is 47.0 Å². The summed E-state index contributed by atoms with van der Waals surface area (Å²) < 4.78 is 12.2. The van der Waals surface area contributed by atoms with Crippen LogP contribution < -0.4 is 5.32 Å². The summed E-state index contributed by atoms with van der Waals surface area (Å²) in [6.45, 7) is 2.80. The number of amides is 1. The second kappa shape index (κ2) is 13.1. The number of carbonyl (C=O) groups excluding carboxylic acids is 1. The van der Waals surface area contributed by atoms with Crippen molar-refractivity contribution in [3.63, 3.8) is 0 Å². The third-order valence-corrected chi connectivity index (χ3v) is 7.80. The SMILES string of the molecule is CCO[C@H]1OC(C(=O)NCCCc2ccc([N+](=O)[O-])cn2)=C[C@@H](c2cccc3c2Cc2ccccc2-3)[C@@H]1CCCO. The summed E-state index contributed by atoms with van der Waals surface area (Å²) in [6.07, 6.45) is 5.86. The van der Waals surface area contributed by atoms with Gasteiger partial charge in [0.05, 0.1) is 4.92 Å². The van der Waals surface area contributed by atoms with E-state index in [1.807, 2.05) is 13.0 Å². The van der Waals surface area contributed by atoms with E-state index < -0.39 is 11.2 Å². The number of aryl methyl sites for hydroxylation is 1. The lowest BCUT2D eigenvalue weighted by Gasteiger charge is -2.37. The molecule has 214 valence electrons. The van der Waals surface area contributed by atoms with Gasteiger partial charge in [0, 0.05) is 43.4 Å². The first kappa shape index (κ1) is 28.4. The van der Waals surface area contributed by atoms with Crippen LogP contribution in [0.2, 0.25) is 0 Å². The Bertz CT molecular complexity index is 1420. The first-order chi connectivity index (χ1) is 20.0. The maximum absolute atomic E-state index is 13.3.